The van der Waals surface area contributed by atoms with E-state index in [1.165, 1.54) is 23.8 Å². The van der Waals surface area contributed by atoms with Gasteiger partial charge in [0.25, 0.3) is 5.69 Å². The van der Waals surface area contributed by atoms with Crippen LogP contribution in [0, 0.1) is 10.1 Å². The van der Waals surface area contributed by atoms with Crippen molar-refractivity contribution in [2.75, 3.05) is 18.4 Å². The summed E-state index contributed by atoms with van der Waals surface area (Å²) in [6.45, 7) is 7.43. The highest BCUT2D eigenvalue weighted by molar-refractivity contribution is 5.94. The van der Waals surface area contributed by atoms with Crippen molar-refractivity contribution in [3.8, 4) is 0 Å². The lowest BCUT2D eigenvalue weighted by atomic mass is 10.1. The normalized spacial score (nSPS) is 10.7. The summed E-state index contributed by atoms with van der Waals surface area (Å²) in [5.41, 5.74) is 7.77. The number of primary amides is 1. The monoisotopic (exact) mass is 356 g/mol. The number of carbonyl (C=O) groups excluding carboxylic acids is 1. The van der Waals surface area contributed by atoms with Crippen LogP contribution in [-0.4, -0.2) is 28.8 Å². The summed E-state index contributed by atoms with van der Waals surface area (Å²) in [4.78, 5) is 24.3. The molecule has 3 N–H and O–H groups in total. The van der Waals surface area contributed by atoms with Crippen LogP contribution in [0.3, 0.4) is 0 Å². The van der Waals surface area contributed by atoms with E-state index >= 15 is 0 Å². The SMILES string of the molecule is CCN(CC)Cc1ccccc1CNc1ccc(C(N)=O)cc1[N+](=O)[O-]. The fourth-order valence-corrected chi connectivity index (χ4v) is 2.75. The molecule has 7 nitrogen and oxygen atoms in total. The molecule has 26 heavy (non-hydrogen) atoms. The third-order valence-electron chi connectivity index (χ3n) is 4.36. The molecule has 0 radical (unpaired) electrons. The molecule has 0 aromatic heterocycles. The number of hydrogen-bond donors (Lipinski definition) is 2. The molecule has 0 atom stereocenters. The number of nitro groups is 1. The van der Waals surface area contributed by atoms with E-state index in [0.717, 1.165) is 25.2 Å². The van der Waals surface area contributed by atoms with Crippen LogP contribution in [0.4, 0.5) is 11.4 Å². The molecule has 0 aliphatic carbocycles. The van der Waals surface area contributed by atoms with Gasteiger partial charge in [-0.25, -0.2) is 0 Å². The number of nitrogens with zero attached hydrogens (tertiary/aromatic N) is 2. The minimum Gasteiger partial charge on any atom is -0.375 e. The van der Waals surface area contributed by atoms with Gasteiger partial charge >= 0.3 is 0 Å². The highest BCUT2D eigenvalue weighted by atomic mass is 16.6. The van der Waals surface area contributed by atoms with Crippen LogP contribution in [0.5, 0.6) is 0 Å². The molecule has 0 heterocycles. The maximum atomic E-state index is 11.3. The summed E-state index contributed by atoms with van der Waals surface area (Å²) in [5.74, 6) is -0.691. The first-order valence-electron chi connectivity index (χ1n) is 8.57. The predicted molar refractivity (Wildman–Crippen MR) is 102 cm³/mol. The number of carbonyl (C=O) groups is 1. The summed E-state index contributed by atoms with van der Waals surface area (Å²) in [6, 6.07) is 12.2. The largest absolute Gasteiger partial charge is 0.375 e. The van der Waals surface area contributed by atoms with Crippen molar-refractivity contribution in [2.45, 2.75) is 26.9 Å². The van der Waals surface area contributed by atoms with E-state index in [9.17, 15) is 14.9 Å². The second kappa shape index (κ2) is 8.96. The first-order chi connectivity index (χ1) is 12.5. The Morgan fingerprint density at radius 3 is 2.38 bits per heavy atom. The lowest BCUT2D eigenvalue weighted by Crippen LogP contribution is -2.23. The van der Waals surface area contributed by atoms with Crippen molar-refractivity contribution in [3.63, 3.8) is 0 Å². The molecular formula is C19H24N4O3. The lowest BCUT2D eigenvalue weighted by molar-refractivity contribution is -0.384. The maximum Gasteiger partial charge on any atom is 0.293 e. The fraction of sp³-hybridized carbons (Fsp3) is 0.316. The van der Waals surface area contributed by atoms with Gasteiger partial charge in [0.15, 0.2) is 0 Å². The molecule has 0 spiro atoms. The summed E-state index contributed by atoms with van der Waals surface area (Å²) < 4.78 is 0. The van der Waals surface area contributed by atoms with Gasteiger partial charge < -0.3 is 11.1 Å². The average molecular weight is 356 g/mol. The van der Waals surface area contributed by atoms with Crippen LogP contribution >= 0.6 is 0 Å². The van der Waals surface area contributed by atoms with Crippen molar-refractivity contribution in [1.29, 1.82) is 0 Å². The first-order valence-corrected chi connectivity index (χ1v) is 8.57. The molecular weight excluding hydrogens is 332 g/mol. The Hall–Kier alpha value is -2.93. The molecule has 7 heteroatoms. The third kappa shape index (κ3) is 4.80. The zero-order valence-electron chi connectivity index (χ0n) is 15.1. The Morgan fingerprint density at radius 2 is 1.81 bits per heavy atom. The molecule has 2 rings (SSSR count). The minimum atomic E-state index is -0.691. The van der Waals surface area contributed by atoms with Gasteiger partial charge in [0.2, 0.25) is 5.91 Å². The fourth-order valence-electron chi connectivity index (χ4n) is 2.75. The summed E-state index contributed by atoms with van der Waals surface area (Å²) in [5, 5.41) is 14.4. The van der Waals surface area contributed by atoms with E-state index in [1.807, 2.05) is 18.2 Å². The highest BCUT2D eigenvalue weighted by Gasteiger charge is 2.17. The van der Waals surface area contributed by atoms with E-state index in [4.69, 9.17) is 5.73 Å². The van der Waals surface area contributed by atoms with Gasteiger partial charge in [0.05, 0.1) is 4.92 Å². The number of rotatable bonds is 9. The highest BCUT2D eigenvalue weighted by Crippen LogP contribution is 2.26. The second-order valence-corrected chi connectivity index (χ2v) is 5.94. The van der Waals surface area contributed by atoms with Crippen molar-refractivity contribution < 1.29 is 9.72 Å². The molecule has 2 aromatic rings. The van der Waals surface area contributed by atoms with Crippen molar-refractivity contribution >= 4 is 17.3 Å². The van der Waals surface area contributed by atoms with E-state index in [1.54, 1.807) is 0 Å². The standard InChI is InChI=1S/C19H24N4O3/c1-3-22(4-2)13-16-8-6-5-7-15(16)12-21-17-10-9-14(19(20)24)11-18(17)23(25)26/h5-11,21H,3-4,12-13H2,1-2H3,(H2,20,24). The molecule has 0 saturated heterocycles. The number of amides is 1. The van der Waals surface area contributed by atoms with Crippen LogP contribution in [0.25, 0.3) is 0 Å². The molecule has 0 aliphatic rings. The molecule has 0 aliphatic heterocycles. The number of nitro benzene ring substituents is 1. The Balaban J connectivity index is 2.21. The number of nitrogens with one attached hydrogen (secondary N) is 1. The van der Waals surface area contributed by atoms with E-state index in [2.05, 4.69) is 30.1 Å². The van der Waals surface area contributed by atoms with Gasteiger partial charge in [0.1, 0.15) is 5.69 Å². The van der Waals surface area contributed by atoms with Gasteiger partial charge in [-0.1, -0.05) is 38.1 Å². The molecule has 0 unspecified atom stereocenters. The molecule has 1 amide bonds. The van der Waals surface area contributed by atoms with Gasteiger partial charge in [-0.2, -0.15) is 0 Å². The van der Waals surface area contributed by atoms with Crippen LogP contribution in [0.15, 0.2) is 42.5 Å². The Labute approximate surface area is 153 Å². The summed E-state index contributed by atoms with van der Waals surface area (Å²) in [7, 11) is 0. The van der Waals surface area contributed by atoms with Crippen LogP contribution in [0.1, 0.15) is 35.3 Å². The van der Waals surface area contributed by atoms with Gasteiger partial charge in [-0.05, 0) is 36.3 Å². The smallest absolute Gasteiger partial charge is 0.293 e. The van der Waals surface area contributed by atoms with E-state index in [-0.39, 0.29) is 11.3 Å². The minimum absolute atomic E-state index is 0.115. The lowest BCUT2D eigenvalue weighted by Gasteiger charge is -2.20. The molecule has 0 bridgehead atoms. The summed E-state index contributed by atoms with van der Waals surface area (Å²) in [6.07, 6.45) is 0. The summed E-state index contributed by atoms with van der Waals surface area (Å²) >= 11 is 0. The van der Waals surface area contributed by atoms with Crippen molar-refractivity contribution in [2.24, 2.45) is 5.73 Å². The molecule has 138 valence electrons. The number of benzene rings is 2. The van der Waals surface area contributed by atoms with Crippen molar-refractivity contribution in [3.05, 3.63) is 69.3 Å². The maximum absolute atomic E-state index is 11.3. The number of hydrogen-bond acceptors (Lipinski definition) is 5. The second-order valence-electron chi connectivity index (χ2n) is 5.94. The quantitative estimate of drug-likeness (QED) is 0.531. The van der Waals surface area contributed by atoms with Gasteiger partial charge in [-0.3, -0.25) is 19.8 Å². The topological polar surface area (TPSA) is 102 Å². The Kier molecular flexibility index (Phi) is 6.68. The van der Waals surface area contributed by atoms with Crippen LogP contribution in [0.2, 0.25) is 0 Å². The van der Waals surface area contributed by atoms with Crippen molar-refractivity contribution in [1.82, 2.24) is 4.90 Å². The number of nitrogens with two attached hydrogens (primary N) is 1. The third-order valence-corrected chi connectivity index (χ3v) is 4.36. The predicted octanol–water partition coefficient (Wildman–Crippen LogP) is 3.15. The number of anilines is 1. The van der Waals surface area contributed by atoms with E-state index < -0.39 is 10.8 Å². The molecule has 0 saturated carbocycles. The van der Waals surface area contributed by atoms with Gasteiger partial charge in [-0.15, -0.1) is 0 Å². The Bertz CT molecular complexity index is 788. The zero-order chi connectivity index (χ0) is 19.1. The molecule has 2 aromatic carbocycles. The van der Waals surface area contributed by atoms with Gasteiger partial charge in [0, 0.05) is 24.7 Å². The Morgan fingerprint density at radius 1 is 1.15 bits per heavy atom. The van der Waals surface area contributed by atoms with E-state index in [0.29, 0.717) is 12.2 Å². The molecule has 0 fully saturated rings. The first kappa shape index (κ1) is 19.4. The van der Waals surface area contributed by atoms with Crippen LogP contribution in [-0.2, 0) is 13.1 Å². The van der Waals surface area contributed by atoms with Crippen LogP contribution < -0.4 is 11.1 Å². The average Bonchev–Trinajstić information content (AvgIpc) is 2.64. The zero-order valence-corrected chi connectivity index (χ0v) is 15.1.